The third kappa shape index (κ3) is 2.80. The standard InChI is InChI=1S/C17H18N2O3/c1-19(22-2)17(21)14-9-12-5-3-4-6-13(12)10-15(14)18-16(20)11-7-8-11/h3-6,9-11H,7-8H2,1-2H3,(H,18,20). The maximum Gasteiger partial charge on any atom is 0.279 e. The molecule has 0 heterocycles. The molecule has 2 aromatic carbocycles. The van der Waals surface area contributed by atoms with Crippen LogP contribution in [0.25, 0.3) is 10.8 Å². The van der Waals surface area contributed by atoms with E-state index in [1.807, 2.05) is 30.3 Å². The molecule has 1 aliphatic carbocycles. The van der Waals surface area contributed by atoms with E-state index < -0.39 is 0 Å². The van der Waals surface area contributed by atoms with Gasteiger partial charge >= 0.3 is 0 Å². The third-order valence-electron chi connectivity index (χ3n) is 3.88. The molecule has 0 bridgehead atoms. The average Bonchev–Trinajstić information content (AvgIpc) is 3.37. The fourth-order valence-corrected chi connectivity index (χ4v) is 2.35. The van der Waals surface area contributed by atoms with Crippen LogP contribution in [-0.4, -0.2) is 31.0 Å². The Morgan fingerprint density at radius 3 is 2.41 bits per heavy atom. The molecule has 1 fully saturated rings. The van der Waals surface area contributed by atoms with Crippen LogP contribution in [0.15, 0.2) is 36.4 Å². The zero-order valence-electron chi connectivity index (χ0n) is 12.6. The van der Waals surface area contributed by atoms with Gasteiger partial charge in [0.25, 0.3) is 5.91 Å². The summed E-state index contributed by atoms with van der Waals surface area (Å²) >= 11 is 0. The van der Waals surface area contributed by atoms with Crippen molar-refractivity contribution in [3.8, 4) is 0 Å². The fraction of sp³-hybridized carbons (Fsp3) is 0.294. The molecule has 2 aromatic rings. The van der Waals surface area contributed by atoms with Crippen molar-refractivity contribution in [3.63, 3.8) is 0 Å². The Morgan fingerprint density at radius 1 is 1.18 bits per heavy atom. The highest BCUT2D eigenvalue weighted by atomic mass is 16.7. The maximum absolute atomic E-state index is 12.5. The summed E-state index contributed by atoms with van der Waals surface area (Å²) in [4.78, 5) is 29.5. The van der Waals surface area contributed by atoms with Crippen molar-refractivity contribution in [1.82, 2.24) is 5.06 Å². The van der Waals surface area contributed by atoms with Gasteiger partial charge in [0.2, 0.25) is 5.91 Å². The minimum Gasteiger partial charge on any atom is -0.325 e. The largest absolute Gasteiger partial charge is 0.325 e. The molecule has 0 saturated heterocycles. The van der Waals surface area contributed by atoms with Gasteiger partial charge in [-0.15, -0.1) is 0 Å². The second-order valence-electron chi connectivity index (χ2n) is 5.49. The summed E-state index contributed by atoms with van der Waals surface area (Å²) < 4.78 is 0. The van der Waals surface area contributed by atoms with Gasteiger partial charge in [-0.1, -0.05) is 24.3 Å². The number of hydrogen-bond donors (Lipinski definition) is 1. The normalized spacial score (nSPS) is 13.9. The molecule has 0 atom stereocenters. The molecule has 5 heteroatoms. The van der Waals surface area contributed by atoms with Crippen LogP contribution in [0.3, 0.4) is 0 Å². The molecular weight excluding hydrogens is 280 g/mol. The van der Waals surface area contributed by atoms with Crippen molar-refractivity contribution in [2.45, 2.75) is 12.8 Å². The topological polar surface area (TPSA) is 58.6 Å². The summed E-state index contributed by atoms with van der Waals surface area (Å²) in [6.45, 7) is 0. The van der Waals surface area contributed by atoms with E-state index in [2.05, 4.69) is 5.32 Å². The maximum atomic E-state index is 12.5. The van der Waals surface area contributed by atoms with E-state index in [-0.39, 0.29) is 17.7 Å². The van der Waals surface area contributed by atoms with Crippen molar-refractivity contribution in [1.29, 1.82) is 0 Å². The minimum absolute atomic E-state index is 0.0237. The first-order valence-corrected chi connectivity index (χ1v) is 7.26. The van der Waals surface area contributed by atoms with Gasteiger partial charge in [-0.3, -0.25) is 14.4 Å². The first kappa shape index (κ1) is 14.5. The van der Waals surface area contributed by atoms with E-state index in [0.29, 0.717) is 11.3 Å². The average molecular weight is 298 g/mol. The third-order valence-corrected chi connectivity index (χ3v) is 3.88. The van der Waals surface area contributed by atoms with Gasteiger partial charge in [0.05, 0.1) is 18.4 Å². The van der Waals surface area contributed by atoms with Gasteiger partial charge in [0.15, 0.2) is 0 Å². The van der Waals surface area contributed by atoms with Crippen molar-refractivity contribution in [3.05, 3.63) is 42.0 Å². The number of rotatable bonds is 4. The van der Waals surface area contributed by atoms with Crippen LogP contribution in [0.1, 0.15) is 23.2 Å². The first-order valence-electron chi connectivity index (χ1n) is 7.26. The molecule has 114 valence electrons. The Labute approximate surface area is 128 Å². The quantitative estimate of drug-likeness (QED) is 0.883. The van der Waals surface area contributed by atoms with Gasteiger partial charge in [-0.25, -0.2) is 5.06 Å². The van der Waals surface area contributed by atoms with Gasteiger partial charge < -0.3 is 5.32 Å². The van der Waals surface area contributed by atoms with Gasteiger partial charge in [-0.05, 0) is 35.7 Å². The molecule has 1 N–H and O–H groups in total. The SMILES string of the molecule is CON(C)C(=O)c1cc2ccccc2cc1NC(=O)C1CC1. The molecule has 1 aliphatic rings. The van der Waals surface area contributed by atoms with Crippen LogP contribution < -0.4 is 5.32 Å². The lowest BCUT2D eigenvalue weighted by Gasteiger charge is -2.17. The van der Waals surface area contributed by atoms with Crippen molar-refractivity contribution in [2.24, 2.45) is 5.92 Å². The number of fused-ring (bicyclic) bond motifs is 1. The van der Waals surface area contributed by atoms with Crippen LogP contribution in [0.2, 0.25) is 0 Å². The number of carbonyl (C=O) groups is 2. The van der Waals surface area contributed by atoms with E-state index in [9.17, 15) is 9.59 Å². The Kier molecular flexibility index (Phi) is 3.81. The highest BCUT2D eigenvalue weighted by molar-refractivity contribution is 6.08. The highest BCUT2D eigenvalue weighted by Gasteiger charge is 2.30. The summed E-state index contributed by atoms with van der Waals surface area (Å²) in [7, 11) is 2.98. The van der Waals surface area contributed by atoms with E-state index in [1.165, 1.54) is 7.11 Å². The monoisotopic (exact) mass is 298 g/mol. The molecule has 0 aromatic heterocycles. The lowest BCUT2D eigenvalue weighted by molar-refractivity contribution is -0.117. The van der Waals surface area contributed by atoms with Gasteiger partial charge in [0.1, 0.15) is 0 Å². The Morgan fingerprint density at radius 2 is 1.82 bits per heavy atom. The number of hydrogen-bond acceptors (Lipinski definition) is 3. The molecule has 0 aliphatic heterocycles. The number of hydroxylamine groups is 2. The van der Waals surface area contributed by atoms with Crippen molar-refractivity contribution in [2.75, 3.05) is 19.5 Å². The van der Waals surface area contributed by atoms with Crippen LogP contribution in [0.4, 0.5) is 5.69 Å². The van der Waals surface area contributed by atoms with Gasteiger partial charge in [-0.2, -0.15) is 0 Å². The van der Waals surface area contributed by atoms with Crippen LogP contribution in [0, 0.1) is 5.92 Å². The van der Waals surface area contributed by atoms with E-state index in [4.69, 9.17) is 4.84 Å². The van der Waals surface area contributed by atoms with Crippen LogP contribution >= 0.6 is 0 Å². The summed E-state index contributed by atoms with van der Waals surface area (Å²) in [5, 5.41) is 5.95. The lowest BCUT2D eigenvalue weighted by Crippen LogP contribution is -2.27. The van der Waals surface area contributed by atoms with Gasteiger partial charge in [0, 0.05) is 13.0 Å². The molecule has 0 unspecified atom stereocenters. The van der Waals surface area contributed by atoms with Crippen molar-refractivity contribution < 1.29 is 14.4 Å². The number of nitrogens with one attached hydrogen (secondary N) is 1. The minimum atomic E-state index is -0.292. The van der Waals surface area contributed by atoms with Crippen LogP contribution in [-0.2, 0) is 9.63 Å². The molecule has 2 amide bonds. The number of carbonyl (C=O) groups excluding carboxylic acids is 2. The van der Waals surface area contributed by atoms with E-state index in [1.54, 1.807) is 13.1 Å². The summed E-state index contributed by atoms with van der Waals surface area (Å²) in [6.07, 6.45) is 1.83. The number of benzene rings is 2. The Balaban J connectivity index is 2.04. The molecule has 5 nitrogen and oxygen atoms in total. The van der Waals surface area contributed by atoms with Crippen LogP contribution in [0.5, 0.6) is 0 Å². The zero-order valence-corrected chi connectivity index (χ0v) is 12.6. The summed E-state index contributed by atoms with van der Waals surface area (Å²) in [5.41, 5.74) is 0.960. The predicted molar refractivity (Wildman–Crippen MR) is 84.4 cm³/mol. The first-order chi connectivity index (χ1) is 10.6. The van der Waals surface area contributed by atoms with E-state index >= 15 is 0 Å². The highest BCUT2D eigenvalue weighted by Crippen LogP contribution is 2.32. The number of anilines is 1. The predicted octanol–water partition coefficient (Wildman–Crippen LogP) is 2.82. The fourth-order valence-electron chi connectivity index (χ4n) is 2.35. The second-order valence-corrected chi connectivity index (χ2v) is 5.49. The smallest absolute Gasteiger partial charge is 0.279 e. The Bertz CT molecular complexity index is 738. The number of nitrogens with zero attached hydrogens (tertiary/aromatic N) is 1. The molecule has 3 rings (SSSR count). The number of amides is 2. The Hall–Kier alpha value is -2.40. The molecular formula is C17H18N2O3. The summed E-state index contributed by atoms with van der Waals surface area (Å²) in [5.74, 6) is -0.238. The zero-order chi connectivity index (χ0) is 15.7. The van der Waals surface area contributed by atoms with Crippen molar-refractivity contribution >= 4 is 28.3 Å². The molecule has 1 saturated carbocycles. The molecule has 22 heavy (non-hydrogen) atoms. The molecule has 0 spiro atoms. The van der Waals surface area contributed by atoms with E-state index in [0.717, 1.165) is 28.7 Å². The summed E-state index contributed by atoms with van der Waals surface area (Å²) in [6, 6.07) is 11.4. The molecule has 0 radical (unpaired) electrons. The second kappa shape index (κ2) is 5.77. The lowest BCUT2D eigenvalue weighted by atomic mass is 10.0.